The van der Waals surface area contributed by atoms with Crippen molar-refractivity contribution in [2.75, 3.05) is 20.1 Å². The van der Waals surface area contributed by atoms with Crippen molar-refractivity contribution in [3.63, 3.8) is 0 Å². The Hall–Kier alpha value is -0.930. The highest BCUT2D eigenvalue weighted by Crippen LogP contribution is 2.16. The Balaban J connectivity index is 2.03. The number of benzene rings is 1. The summed E-state index contributed by atoms with van der Waals surface area (Å²) in [6, 6.07) is 5.56. The first-order valence-electron chi connectivity index (χ1n) is 5.94. The van der Waals surface area contributed by atoms with Gasteiger partial charge in [0.25, 0.3) is 0 Å². The molecule has 0 radical (unpaired) electrons. The van der Waals surface area contributed by atoms with Crippen LogP contribution in [0.1, 0.15) is 24.0 Å². The average molecular weight is 222 g/mol. The predicted octanol–water partition coefficient (Wildman–Crippen LogP) is 2.14. The maximum absolute atomic E-state index is 13.8. The van der Waals surface area contributed by atoms with Crippen molar-refractivity contribution in [1.29, 1.82) is 0 Å². The quantitative estimate of drug-likeness (QED) is 0.839. The standard InChI is InChI=1S/C13H19FN2/c1-15-9-11-4-5-12(13(14)8-11)10-16-6-2-3-7-16/h4-5,8,15H,2-3,6-7,9-10H2,1H3. The van der Waals surface area contributed by atoms with Crippen LogP contribution >= 0.6 is 0 Å². The molecule has 88 valence electrons. The van der Waals surface area contributed by atoms with Crippen LogP contribution in [0.3, 0.4) is 0 Å². The normalized spacial score (nSPS) is 16.9. The summed E-state index contributed by atoms with van der Waals surface area (Å²) in [7, 11) is 1.87. The zero-order chi connectivity index (χ0) is 11.4. The zero-order valence-corrected chi connectivity index (χ0v) is 9.80. The molecule has 1 saturated heterocycles. The first-order chi connectivity index (χ1) is 7.79. The minimum atomic E-state index is -0.0698. The Labute approximate surface area is 96.5 Å². The van der Waals surface area contributed by atoms with Gasteiger partial charge in [-0.2, -0.15) is 0 Å². The van der Waals surface area contributed by atoms with Crippen molar-refractivity contribution in [2.24, 2.45) is 0 Å². The summed E-state index contributed by atoms with van der Waals surface area (Å²) in [5, 5.41) is 3.03. The van der Waals surface area contributed by atoms with Crippen LogP contribution in [0.15, 0.2) is 18.2 Å². The van der Waals surface area contributed by atoms with Crippen molar-refractivity contribution in [3.8, 4) is 0 Å². The second-order valence-corrected chi connectivity index (χ2v) is 4.44. The SMILES string of the molecule is CNCc1ccc(CN2CCCC2)c(F)c1. The molecular formula is C13H19FN2. The predicted molar refractivity (Wildman–Crippen MR) is 63.7 cm³/mol. The van der Waals surface area contributed by atoms with E-state index in [0.29, 0.717) is 0 Å². The van der Waals surface area contributed by atoms with E-state index in [-0.39, 0.29) is 5.82 Å². The molecule has 0 atom stereocenters. The van der Waals surface area contributed by atoms with Gasteiger partial charge in [0.05, 0.1) is 0 Å². The van der Waals surface area contributed by atoms with Gasteiger partial charge in [0.2, 0.25) is 0 Å². The van der Waals surface area contributed by atoms with Crippen molar-refractivity contribution in [1.82, 2.24) is 10.2 Å². The number of nitrogens with zero attached hydrogens (tertiary/aromatic N) is 1. The fourth-order valence-electron chi connectivity index (χ4n) is 2.21. The lowest BCUT2D eigenvalue weighted by molar-refractivity contribution is 0.325. The molecule has 0 bridgehead atoms. The van der Waals surface area contributed by atoms with Gasteiger partial charge in [-0.25, -0.2) is 4.39 Å². The van der Waals surface area contributed by atoms with Crippen molar-refractivity contribution in [3.05, 3.63) is 35.1 Å². The Morgan fingerprint density at radius 1 is 1.31 bits per heavy atom. The molecule has 0 aliphatic carbocycles. The molecule has 16 heavy (non-hydrogen) atoms. The minimum absolute atomic E-state index is 0.0698. The van der Waals surface area contributed by atoms with Gasteiger partial charge in [-0.05, 0) is 44.6 Å². The van der Waals surface area contributed by atoms with E-state index in [9.17, 15) is 4.39 Å². The molecule has 2 nitrogen and oxygen atoms in total. The molecule has 1 aliphatic rings. The molecule has 0 unspecified atom stereocenters. The number of nitrogens with one attached hydrogen (secondary N) is 1. The first-order valence-corrected chi connectivity index (χ1v) is 5.94. The van der Waals surface area contributed by atoms with Crippen LogP contribution in [-0.4, -0.2) is 25.0 Å². The molecule has 0 amide bonds. The van der Waals surface area contributed by atoms with Crippen LogP contribution < -0.4 is 5.32 Å². The maximum atomic E-state index is 13.8. The van der Waals surface area contributed by atoms with Crippen LogP contribution in [0, 0.1) is 5.82 Å². The van der Waals surface area contributed by atoms with Gasteiger partial charge in [0.15, 0.2) is 0 Å². The maximum Gasteiger partial charge on any atom is 0.128 e. The summed E-state index contributed by atoms with van der Waals surface area (Å²) in [6.07, 6.45) is 2.50. The molecule has 0 aromatic heterocycles. The number of likely N-dealkylation sites (tertiary alicyclic amines) is 1. The van der Waals surface area contributed by atoms with E-state index in [1.165, 1.54) is 12.8 Å². The van der Waals surface area contributed by atoms with E-state index >= 15 is 0 Å². The molecule has 1 aromatic carbocycles. The monoisotopic (exact) mass is 222 g/mol. The fourth-order valence-corrected chi connectivity index (χ4v) is 2.21. The van der Waals surface area contributed by atoms with Gasteiger partial charge in [-0.15, -0.1) is 0 Å². The van der Waals surface area contributed by atoms with E-state index in [4.69, 9.17) is 0 Å². The summed E-state index contributed by atoms with van der Waals surface area (Å²) in [4.78, 5) is 2.32. The number of rotatable bonds is 4. The number of hydrogen-bond acceptors (Lipinski definition) is 2. The third-order valence-corrected chi connectivity index (χ3v) is 3.09. The highest BCUT2D eigenvalue weighted by molar-refractivity contribution is 5.24. The summed E-state index contributed by atoms with van der Waals surface area (Å²) in [5.41, 5.74) is 1.83. The molecule has 0 spiro atoms. The van der Waals surface area contributed by atoms with E-state index in [0.717, 1.165) is 37.3 Å². The average Bonchev–Trinajstić information content (AvgIpc) is 2.75. The van der Waals surface area contributed by atoms with Crippen LogP contribution in [0.25, 0.3) is 0 Å². The van der Waals surface area contributed by atoms with E-state index in [1.54, 1.807) is 6.07 Å². The summed E-state index contributed by atoms with van der Waals surface area (Å²) in [5.74, 6) is -0.0698. The van der Waals surface area contributed by atoms with Crippen molar-refractivity contribution in [2.45, 2.75) is 25.9 Å². The van der Waals surface area contributed by atoms with Gasteiger partial charge in [-0.3, -0.25) is 4.90 Å². The van der Waals surface area contributed by atoms with Gasteiger partial charge in [0, 0.05) is 18.7 Å². The summed E-state index contributed by atoms with van der Waals surface area (Å²) in [6.45, 7) is 3.70. The highest BCUT2D eigenvalue weighted by atomic mass is 19.1. The molecule has 1 aliphatic heterocycles. The molecule has 1 aromatic rings. The Bertz CT molecular complexity index is 346. The van der Waals surface area contributed by atoms with Crippen LogP contribution in [0.2, 0.25) is 0 Å². The zero-order valence-electron chi connectivity index (χ0n) is 9.80. The smallest absolute Gasteiger partial charge is 0.128 e. The lowest BCUT2D eigenvalue weighted by Crippen LogP contribution is -2.19. The molecular weight excluding hydrogens is 203 g/mol. The topological polar surface area (TPSA) is 15.3 Å². The lowest BCUT2D eigenvalue weighted by atomic mass is 10.1. The Morgan fingerprint density at radius 3 is 2.69 bits per heavy atom. The van der Waals surface area contributed by atoms with Crippen LogP contribution in [0.5, 0.6) is 0 Å². The lowest BCUT2D eigenvalue weighted by Gasteiger charge is -2.15. The Kier molecular flexibility index (Phi) is 3.91. The van der Waals surface area contributed by atoms with Gasteiger partial charge in [0.1, 0.15) is 5.82 Å². The second-order valence-electron chi connectivity index (χ2n) is 4.44. The Morgan fingerprint density at radius 2 is 2.06 bits per heavy atom. The number of hydrogen-bond donors (Lipinski definition) is 1. The third kappa shape index (κ3) is 2.80. The second kappa shape index (κ2) is 5.41. The molecule has 1 heterocycles. The van der Waals surface area contributed by atoms with Crippen LogP contribution in [-0.2, 0) is 13.1 Å². The largest absolute Gasteiger partial charge is 0.316 e. The highest BCUT2D eigenvalue weighted by Gasteiger charge is 2.13. The van der Waals surface area contributed by atoms with Crippen molar-refractivity contribution >= 4 is 0 Å². The van der Waals surface area contributed by atoms with Gasteiger partial charge >= 0.3 is 0 Å². The van der Waals surface area contributed by atoms with E-state index in [2.05, 4.69) is 10.2 Å². The van der Waals surface area contributed by atoms with E-state index in [1.807, 2.05) is 19.2 Å². The molecule has 3 heteroatoms. The number of halogens is 1. The molecule has 1 fully saturated rings. The third-order valence-electron chi connectivity index (χ3n) is 3.09. The van der Waals surface area contributed by atoms with Gasteiger partial charge < -0.3 is 5.32 Å². The first kappa shape index (κ1) is 11.6. The van der Waals surface area contributed by atoms with Crippen molar-refractivity contribution < 1.29 is 4.39 Å². The molecule has 2 rings (SSSR count). The van der Waals surface area contributed by atoms with Crippen LogP contribution in [0.4, 0.5) is 4.39 Å². The molecule has 0 saturated carbocycles. The van der Waals surface area contributed by atoms with Gasteiger partial charge in [-0.1, -0.05) is 12.1 Å². The fraction of sp³-hybridized carbons (Fsp3) is 0.538. The molecule has 1 N–H and O–H groups in total. The summed E-state index contributed by atoms with van der Waals surface area (Å²) < 4.78 is 13.8. The van der Waals surface area contributed by atoms with E-state index < -0.39 is 0 Å². The summed E-state index contributed by atoms with van der Waals surface area (Å²) >= 11 is 0. The minimum Gasteiger partial charge on any atom is -0.316 e.